The second kappa shape index (κ2) is 21.9. The first-order valence-corrected chi connectivity index (χ1v) is 25.9. The molecular weight excluding hydrogens is 1020 g/mol. The molecule has 0 bridgehead atoms. The lowest BCUT2D eigenvalue weighted by atomic mass is 9.44. The third kappa shape index (κ3) is 10.4. The van der Waals surface area contributed by atoms with Crippen molar-refractivity contribution in [3.63, 3.8) is 0 Å². The van der Waals surface area contributed by atoms with Crippen LogP contribution in [0.2, 0.25) is 0 Å². The van der Waals surface area contributed by atoms with Gasteiger partial charge in [0.1, 0.15) is 19.4 Å². The number of alkyl halides is 2. The molecule has 17 nitrogen and oxygen atoms in total. The van der Waals surface area contributed by atoms with Gasteiger partial charge in [-0.15, -0.1) is 11.3 Å². The van der Waals surface area contributed by atoms with Gasteiger partial charge in [0.05, 0.1) is 48.7 Å². The van der Waals surface area contributed by atoms with Gasteiger partial charge in [0.25, 0.3) is 0 Å². The molecule has 384 valence electrons. The van der Waals surface area contributed by atoms with E-state index < -0.39 is 113 Å². The van der Waals surface area contributed by atoms with Gasteiger partial charge in [-0.1, -0.05) is 89.1 Å². The zero-order valence-electron chi connectivity index (χ0n) is 39.9. The van der Waals surface area contributed by atoms with Crippen LogP contribution in [0.25, 0.3) is 0 Å². The SMILES string of the molecule is C[C@]12C=CC(=O)C=C1CC[C@H]1[C@@H]3C[C@H]4O[C@@H](c5ccc(Cc6cccc(COCNC(=O)CNC(=O)[C@H](Cc7ccccc7)NC(=O)CNC(=O)CNC(=O)CBr)c6)s5)O[C@@]4(C(=O)CO)[C@@]3(C)C[C@H](O)[C@@]12F. The summed E-state index contributed by atoms with van der Waals surface area (Å²) in [5.41, 5.74) is -2.74. The lowest BCUT2D eigenvalue weighted by molar-refractivity contribution is -0.231. The van der Waals surface area contributed by atoms with Crippen LogP contribution < -0.4 is 26.6 Å². The Morgan fingerprint density at radius 3 is 2.36 bits per heavy atom. The van der Waals surface area contributed by atoms with Crippen LogP contribution in [0.3, 0.4) is 0 Å². The van der Waals surface area contributed by atoms with Crippen molar-refractivity contribution in [3.05, 3.63) is 117 Å². The van der Waals surface area contributed by atoms with Gasteiger partial charge in [0.15, 0.2) is 29.1 Å². The van der Waals surface area contributed by atoms with Crippen molar-refractivity contribution in [3.8, 4) is 0 Å². The third-order valence-electron chi connectivity index (χ3n) is 15.2. The molecule has 1 aromatic heterocycles. The molecule has 2 aromatic carbocycles. The van der Waals surface area contributed by atoms with Crippen LogP contribution in [0, 0.1) is 22.7 Å². The van der Waals surface area contributed by atoms with E-state index in [1.807, 2.05) is 49.4 Å². The average Bonchev–Trinajstić information content (AvgIpc) is 4.06. The van der Waals surface area contributed by atoms with Crippen molar-refractivity contribution in [2.75, 3.05) is 38.3 Å². The first-order valence-electron chi connectivity index (χ1n) is 23.9. The van der Waals surface area contributed by atoms with Crippen LogP contribution in [0.4, 0.5) is 4.39 Å². The number of hydrogen-bond donors (Lipinski definition) is 7. The monoisotopic (exact) mass is 1080 g/mol. The van der Waals surface area contributed by atoms with Gasteiger partial charge in [0.2, 0.25) is 29.5 Å². The predicted octanol–water partition coefficient (Wildman–Crippen LogP) is 3.10. The molecule has 3 saturated carbocycles. The number of ketones is 2. The van der Waals surface area contributed by atoms with Crippen LogP contribution in [-0.2, 0) is 67.2 Å². The third-order valence-corrected chi connectivity index (χ3v) is 16.9. The van der Waals surface area contributed by atoms with Gasteiger partial charge in [-0.2, -0.15) is 0 Å². The minimum atomic E-state index is -2.09. The van der Waals surface area contributed by atoms with E-state index in [1.165, 1.54) is 23.5 Å². The molecule has 4 aliphatic carbocycles. The van der Waals surface area contributed by atoms with Gasteiger partial charge in [0, 0.05) is 34.5 Å². The number of aliphatic hydroxyl groups excluding tert-OH is 2. The molecule has 3 aromatic rings. The van der Waals surface area contributed by atoms with Gasteiger partial charge in [-0.3, -0.25) is 33.6 Å². The first kappa shape index (κ1) is 52.8. The Labute approximate surface area is 428 Å². The van der Waals surface area contributed by atoms with E-state index in [2.05, 4.69) is 42.5 Å². The van der Waals surface area contributed by atoms with Crippen LogP contribution in [0.1, 0.15) is 72.3 Å². The standard InChI is InChI=1S/C52H59BrFN5O12S/c1-49-16-15-34(61)20-33(49)11-13-36-37-21-42-52(41(63)27-60,50(37,2)22-40(62)51(36,49)54)71-48(70-42)39-14-12-35(72-39)18-31-9-6-10-32(17-31)28-69-29-58-45(66)25-57-47(68)38(19-30-7-4-3-5-8-30)59-46(67)26-56-44(65)24-55-43(64)23-53/h3-10,12,14-17,20,36-38,40,42,48,60,62H,11,13,18-19,21-29H2,1-2H3,(H,55,64)(H,56,65)(H,57,68)(H,58,66)(H,59,67)/t36-,37-,38-,40-,42+,48+,49-,50-,51-,52+/m0/s1. The quantitative estimate of drug-likeness (QED) is 0.0491. The molecule has 5 amide bonds. The number of ether oxygens (including phenoxy) is 3. The summed E-state index contributed by atoms with van der Waals surface area (Å²) < 4.78 is 36.8. The van der Waals surface area contributed by atoms with Crippen molar-refractivity contribution in [1.29, 1.82) is 0 Å². The number of nitrogens with one attached hydrogen (secondary N) is 5. The zero-order valence-corrected chi connectivity index (χ0v) is 42.3. The van der Waals surface area contributed by atoms with Gasteiger partial charge in [-0.05, 0) is 79.5 Å². The fourth-order valence-electron chi connectivity index (χ4n) is 11.8. The number of amides is 5. The van der Waals surface area contributed by atoms with Crippen molar-refractivity contribution in [1.82, 2.24) is 26.6 Å². The molecule has 5 aliphatic rings. The minimum Gasteiger partial charge on any atom is -0.390 e. The second-order valence-electron chi connectivity index (χ2n) is 19.5. The Morgan fingerprint density at radius 2 is 1.60 bits per heavy atom. The molecule has 2 heterocycles. The maximum absolute atomic E-state index is 17.8. The highest BCUT2D eigenvalue weighted by Gasteiger charge is 2.79. The number of hydrogen-bond acceptors (Lipinski definition) is 13. The molecule has 1 saturated heterocycles. The number of Topliss-reactive ketones (excluding diaryl/α,β-unsaturated/α-hetero) is 1. The summed E-state index contributed by atoms with van der Waals surface area (Å²) in [5.74, 6) is -4.61. The average molecular weight is 1080 g/mol. The number of carbonyl (C=O) groups excluding carboxylic acids is 7. The maximum Gasteiger partial charge on any atom is 0.243 e. The lowest BCUT2D eigenvalue weighted by Gasteiger charge is -2.62. The van der Waals surface area contributed by atoms with E-state index in [4.69, 9.17) is 14.2 Å². The van der Waals surface area contributed by atoms with Crippen molar-refractivity contribution in [2.24, 2.45) is 22.7 Å². The summed E-state index contributed by atoms with van der Waals surface area (Å²) >= 11 is 4.44. The van der Waals surface area contributed by atoms with E-state index in [1.54, 1.807) is 37.3 Å². The molecule has 0 radical (unpaired) electrons. The van der Waals surface area contributed by atoms with Crippen molar-refractivity contribution < 1.29 is 62.4 Å². The Bertz CT molecular complexity index is 2650. The van der Waals surface area contributed by atoms with Crippen LogP contribution in [-0.4, -0.2) is 119 Å². The molecule has 72 heavy (non-hydrogen) atoms. The number of carbonyl (C=O) groups is 7. The number of rotatable bonds is 20. The van der Waals surface area contributed by atoms with Gasteiger partial charge in [-0.25, -0.2) is 4.39 Å². The van der Waals surface area contributed by atoms with Crippen molar-refractivity contribution in [2.45, 2.75) is 94.8 Å². The fourth-order valence-corrected chi connectivity index (χ4v) is 13.0. The summed E-state index contributed by atoms with van der Waals surface area (Å²) in [4.78, 5) is 90.0. The molecule has 20 heteroatoms. The Kier molecular flexibility index (Phi) is 16.1. The van der Waals surface area contributed by atoms with Gasteiger partial charge >= 0.3 is 0 Å². The Morgan fingerprint density at radius 1 is 0.889 bits per heavy atom. The predicted molar refractivity (Wildman–Crippen MR) is 264 cm³/mol. The van der Waals surface area contributed by atoms with E-state index in [-0.39, 0.29) is 43.8 Å². The first-order chi connectivity index (χ1) is 34.4. The zero-order chi connectivity index (χ0) is 51.4. The number of benzene rings is 2. The normalized spacial score (nSPS) is 29.3. The highest BCUT2D eigenvalue weighted by molar-refractivity contribution is 9.09. The molecule has 0 spiro atoms. The summed E-state index contributed by atoms with van der Waals surface area (Å²) in [5, 5.41) is 34.8. The largest absolute Gasteiger partial charge is 0.390 e. The second-order valence-corrected chi connectivity index (χ2v) is 21.3. The molecule has 1 aliphatic heterocycles. The number of thiophene rings is 1. The summed E-state index contributed by atoms with van der Waals surface area (Å²) in [6.45, 7) is 1.65. The molecule has 0 unspecified atom stereocenters. The smallest absolute Gasteiger partial charge is 0.243 e. The molecule has 4 fully saturated rings. The van der Waals surface area contributed by atoms with Crippen LogP contribution in [0.15, 0.2) is 90.5 Å². The summed E-state index contributed by atoms with van der Waals surface area (Å²) in [7, 11) is 0. The molecule has 7 N–H and O–H groups in total. The summed E-state index contributed by atoms with van der Waals surface area (Å²) in [6.07, 6.45) is 2.98. The maximum atomic E-state index is 17.8. The highest BCUT2D eigenvalue weighted by atomic mass is 79.9. The Balaban J connectivity index is 0.820. The number of aliphatic hydroxyl groups is 2. The Hall–Kier alpha value is -5.48. The van der Waals surface area contributed by atoms with Crippen LogP contribution in [0.5, 0.6) is 0 Å². The molecule has 8 rings (SSSR count). The molecular formula is C52H59BrFN5O12S. The number of halogens is 2. The van der Waals surface area contributed by atoms with Gasteiger partial charge < -0.3 is 51.0 Å². The minimum absolute atomic E-state index is 0.0180. The van der Waals surface area contributed by atoms with E-state index >= 15 is 4.39 Å². The van der Waals surface area contributed by atoms with E-state index in [0.717, 1.165) is 26.4 Å². The van der Waals surface area contributed by atoms with E-state index in [0.29, 0.717) is 31.3 Å². The highest BCUT2D eigenvalue weighted by Crippen LogP contribution is 2.72. The lowest BCUT2D eigenvalue weighted by Crippen LogP contribution is -2.69. The fraction of sp³-hybridized carbons (Fsp3) is 0.481. The number of allylic oxidation sites excluding steroid dienone is 4. The topological polar surface area (TPSA) is 248 Å². The van der Waals surface area contributed by atoms with E-state index in [9.17, 15) is 43.8 Å². The molecule has 10 atom stereocenters. The van der Waals surface area contributed by atoms with Crippen molar-refractivity contribution >= 4 is 68.4 Å². The van der Waals surface area contributed by atoms with Crippen LogP contribution >= 0.6 is 27.3 Å². The summed E-state index contributed by atoms with van der Waals surface area (Å²) in [6, 6.07) is 19.4. The number of fused-ring (bicyclic) bond motifs is 7.